The van der Waals surface area contributed by atoms with E-state index >= 15 is 0 Å². The minimum atomic E-state index is -0.812. The van der Waals surface area contributed by atoms with Crippen LogP contribution in [0.25, 0.3) is 0 Å². The van der Waals surface area contributed by atoms with Crippen LogP contribution in [-0.2, 0) is 23.8 Å². The van der Waals surface area contributed by atoms with Crippen molar-refractivity contribution < 1.29 is 23.8 Å². The Morgan fingerprint density at radius 3 is 2.25 bits per heavy atom. The molecule has 2 aliphatic rings. The van der Waals surface area contributed by atoms with Gasteiger partial charge in [-0.05, 0) is 31.6 Å². The molecule has 0 aromatic heterocycles. The zero-order valence-electron chi connectivity index (χ0n) is 12.4. The number of carbonyl (C=O) groups is 2. The third kappa shape index (κ3) is 3.14. The third-order valence-corrected chi connectivity index (χ3v) is 4.68. The van der Waals surface area contributed by atoms with Gasteiger partial charge in [0.1, 0.15) is 0 Å². The van der Waals surface area contributed by atoms with Gasteiger partial charge < -0.3 is 14.2 Å². The topological polar surface area (TPSA) is 61.8 Å². The SMILES string of the molecule is COC(=O)C(C(=O)OC)C1CCOC2(CCCCC2)C1. The summed E-state index contributed by atoms with van der Waals surface area (Å²) in [5.74, 6) is -1.83. The van der Waals surface area contributed by atoms with Crippen LogP contribution in [0.1, 0.15) is 44.9 Å². The molecule has 0 aromatic rings. The Balaban J connectivity index is 2.12. The highest BCUT2D eigenvalue weighted by Gasteiger charge is 2.45. The van der Waals surface area contributed by atoms with Crippen molar-refractivity contribution in [2.75, 3.05) is 20.8 Å². The molecular formula is C15H24O5. The second kappa shape index (κ2) is 6.57. The van der Waals surface area contributed by atoms with Gasteiger partial charge >= 0.3 is 11.9 Å². The molecule has 0 bridgehead atoms. The summed E-state index contributed by atoms with van der Waals surface area (Å²) in [5.41, 5.74) is -0.137. The lowest BCUT2D eigenvalue weighted by atomic mass is 9.72. The van der Waals surface area contributed by atoms with Gasteiger partial charge in [0, 0.05) is 6.61 Å². The molecular weight excluding hydrogens is 260 g/mol. The molecule has 0 N–H and O–H groups in total. The minimum absolute atomic E-state index is 0.0400. The van der Waals surface area contributed by atoms with E-state index in [-0.39, 0.29) is 11.5 Å². The normalized spacial score (nSPS) is 25.4. The molecule has 0 amide bonds. The Morgan fingerprint density at radius 2 is 1.70 bits per heavy atom. The lowest BCUT2D eigenvalue weighted by molar-refractivity contribution is -0.170. The van der Waals surface area contributed by atoms with Crippen molar-refractivity contribution in [3.05, 3.63) is 0 Å². The van der Waals surface area contributed by atoms with E-state index in [9.17, 15) is 9.59 Å². The molecule has 0 radical (unpaired) electrons. The maximum absolute atomic E-state index is 11.9. The molecule has 1 saturated heterocycles. The Morgan fingerprint density at radius 1 is 1.10 bits per heavy atom. The van der Waals surface area contributed by atoms with E-state index in [4.69, 9.17) is 14.2 Å². The maximum atomic E-state index is 11.9. The van der Waals surface area contributed by atoms with Crippen LogP contribution in [0, 0.1) is 11.8 Å². The number of hydrogen-bond donors (Lipinski definition) is 0. The summed E-state index contributed by atoms with van der Waals surface area (Å²) in [6, 6.07) is 0. The molecule has 1 heterocycles. The van der Waals surface area contributed by atoms with Gasteiger partial charge in [-0.2, -0.15) is 0 Å². The summed E-state index contributed by atoms with van der Waals surface area (Å²) >= 11 is 0. The largest absolute Gasteiger partial charge is 0.468 e. The summed E-state index contributed by atoms with van der Waals surface area (Å²) in [6.07, 6.45) is 7.07. The first-order valence-corrected chi connectivity index (χ1v) is 7.41. The summed E-state index contributed by atoms with van der Waals surface area (Å²) in [6.45, 7) is 0.606. The molecule has 2 rings (SSSR count). The molecule has 5 heteroatoms. The fourth-order valence-electron chi connectivity index (χ4n) is 3.63. The van der Waals surface area contributed by atoms with Gasteiger partial charge in [-0.3, -0.25) is 9.59 Å². The van der Waals surface area contributed by atoms with Crippen molar-refractivity contribution in [1.29, 1.82) is 0 Å². The standard InChI is InChI=1S/C15H24O5/c1-18-13(16)12(14(17)19-2)11-6-9-20-15(10-11)7-4-3-5-8-15/h11-12H,3-10H2,1-2H3. The van der Waals surface area contributed by atoms with E-state index in [0.29, 0.717) is 13.0 Å². The van der Waals surface area contributed by atoms with Crippen LogP contribution in [0.2, 0.25) is 0 Å². The van der Waals surface area contributed by atoms with E-state index in [1.807, 2.05) is 0 Å². The van der Waals surface area contributed by atoms with Crippen LogP contribution < -0.4 is 0 Å². The first-order valence-electron chi connectivity index (χ1n) is 7.41. The Kier molecular flexibility index (Phi) is 5.02. The van der Waals surface area contributed by atoms with E-state index in [0.717, 1.165) is 32.1 Å². The molecule has 1 aliphatic heterocycles. The molecule has 1 unspecified atom stereocenters. The highest BCUT2D eigenvalue weighted by atomic mass is 16.5. The van der Waals surface area contributed by atoms with Crippen molar-refractivity contribution in [2.45, 2.75) is 50.5 Å². The average Bonchev–Trinajstić information content (AvgIpc) is 2.48. The Hall–Kier alpha value is -1.10. The predicted molar refractivity (Wildman–Crippen MR) is 72.0 cm³/mol. The van der Waals surface area contributed by atoms with Gasteiger partial charge in [0.15, 0.2) is 5.92 Å². The van der Waals surface area contributed by atoms with Crippen molar-refractivity contribution >= 4 is 11.9 Å². The van der Waals surface area contributed by atoms with Crippen LogP contribution >= 0.6 is 0 Å². The van der Waals surface area contributed by atoms with Crippen molar-refractivity contribution in [3.63, 3.8) is 0 Å². The van der Waals surface area contributed by atoms with Crippen LogP contribution in [-0.4, -0.2) is 38.4 Å². The molecule has 0 aromatic carbocycles. The molecule has 1 atom stereocenters. The van der Waals surface area contributed by atoms with Gasteiger partial charge in [0.25, 0.3) is 0 Å². The number of carbonyl (C=O) groups excluding carboxylic acids is 2. The number of ether oxygens (including phenoxy) is 3. The number of methoxy groups -OCH3 is 2. The van der Waals surface area contributed by atoms with Gasteiger partial charge in [0.05, 0.1) is 19.8 Å². The number of esters is 2. The van der Waals surface area contributed by atoms with E-state index in [2.05, 4.69) is 0 Å². The Labute approximate surface area is 120 Å². The number of hydrogen-bond acceptors (Lipinski definition) is 5. The minimum Gasteiger partial charge on any atom is -0.468 e. The third-order valence-electron chi connectivity index (χ3n) is 4.68. The molecule has 5 nitrogen and oxygen atoms in total. The fourth-order valence-corrected chi connectivity index (χ4v) is 3.63. The van der Waals surface area contributed by atoms with Gasteiger partial charge in [-0.1, -0.05) is 19.3 Å². The highest BCUT2D eigenvalue weighted by Crippen LogP contribution is 2.43. The average molecular weight is 284 g/mol. The smallest absolute Gasteiger partial charge is 0.320 e. The monoisotopic (exact) mass is 284 g/mol. The second-order valence-electron chi connectivity index (χ2n) is 5.87. The van der Waals surface area contributed by atoms with Gasteiger partial charge in [-0.25, -0.2) is 0 Å². The summed E-state index contributed by atoms with van der Waals surface area (Å²) in [5, 5.41) is 0. The molecule has 1 aliphatic carbocycles. The van der Waals surface area contributed by atoms with Crippen LogP contribution in [0.5, 0.6) is 0 Å². The summed E-state index contributed by atoms with van der Waals surface area (Å²) < 4.78 is 15.6. The predicted octanol–water partition coefficient (Wildman–Crippen LogP) is 2.08. The van der Waals surface area contributed by atoms with Crippen molar-refractivity contribution in [1.82, 2.24) is 0 Å². The van der Waals surface area contributed by atoms with E-state index in [1.54, 1.807) is 0 Å². The lowest BCUT2D eigenvalue weighted by Gasteiger charge is -2.44. The van der Waals surface area contributed by atoms with E-state index in [1.165, 1.54) is 20.6 Å². The van der Waals surface area contributed by atoms with Gasteiger partial charge in [-0.15, -0.1) is 0 Å². The molecule has 1 saturated carbocycles. The van der Waals surface area contributed by atoms with E-state index < -0.39 is 17.9 Å². The fraction of sp³-hybridized carbons (Fsp3) is 0.867. The van der Waals surface area contributed by atoms with Crippen molar-refractivity contribution in [3.8, 4) is 0 Å². The second-order valence-corrected chi connectivity index (χ2v) is 5.87. The zero-order valence-corrected chi connectivity index (χ0v) is 12.4. The zero-order chi connectivity index (χ0) is 14.6. The first-order chi connectivity index (χ1) is 9.62. The lowest BCUT2D eigenvalue weighted by Crippen LogP contribution is -2.46. The van der Waals surface area contributed by atoms with Crippen LogP contribution in [0.4, 0.5) is 0 Å². The molecule has 20 heavy (non-hydrogen) atoms. The molecule has 2 fully saturated rings. The highest BCUT2D eigenvalue weighted by molar-refractivity contribution is 5.95. The maximum Gasteiger partial charge on any atom is 0.320 e. The first kappa shape index (κ1) is 15.3. The Bertz CT molecular complexity index is 338. The van der Waals surface area contributed by atoms with Crippen LogP contribution in [0.15, 0.2) is 0 Å². The molecule has 114 valence electrons. The van der Waals surface area contributed by atoms with Crippen molar-refractivity contribution in [2.24, 2.45) is 11.8 Å². The van der Waals surface area contributed by atoms with Gasteiger partial charge in [0.2, 0.25) is 0 Å². The summed E-state index contributed by atoms with van der Waals surface area (Å²) in [4.78, 5) is 23.8. The molecule has 1 spiro atoms. The number of rotatable bonds is 3. The quantitative estimate of drug-likeness (QED) is 0.586. The summed E-state index contributed by atoms with van der Waals surface area (Å²) in [7, 11) is 2.63. The van der Waals surface area contributed by atoms with Crippen LogP contribution in [0.3, 0.4) is 0 Å².